The van der Waals surface area contributed by atoms with E-state index in [-0.39, 0.29) is 18.5 Å². The Morgan fingerprint density at radius 2 is 1.94 bits per heavy atom. The normalized spacial score (nSPS) is 12.9. The molecule has 0 unspecified atom stereocenters. The predicted molar refractivity (Wildman–Crippen MR) is 62.7 cm³/mol. The van der Waals surface area contributed by atoms with Crippen LogP contribution in [0.25, 0.3) is 0 Å². The van der Waals surface area contributed by atoms with Crippen LogP contribution in [0.4, 0.5) is 17.6 Å². The first kappa shape index (κ1) is 15.0. The number of nitrogens with two attached hydrogens (primary N) is 1. The number of alkyl halides is 3. The van der Waals surface area contributed by atoms with Crippen molar-refractivity contribution in [3.63, 3.8) is 0 Å². The summed E-state index contributed by atoms with van der Waals surface area (Å²) in [5.74, 6) is -0.899. The molecule has 18 heavy (non-hydrogen) atoms. The molecule has 0 bridgehead atoms. The van der Waals surface area contributed by atoms with E-state index in [2.05, 4.69) is 0 Å². The molecule has 0 aliphatic heterocycles. The van der Waals surface area contributed by atoms with E-state index in [0.717, 1.165) is 12.1 Å². The molecule has 0 aromatic heterocycles. The molecule has 0 radical (unpaired) electrons. The second-order valence-corrected chi connectivity index (χ2v) is 4.04. The van der Waals surface area contributed by atoms with Crippen LogP contribution < -0.4 is 5.73 Å². The van der Waals surface area contributed by atoms with Crippen LogP contribution in [0, 0.1) is 5.82 Å². The van der Waals surface area contributed by atoms with E-state index < -0.39 is 17.6 Å². The number of rotatable bonds is 4. The topological polar surface area (TPSA) is 26.0 Å². The molecule has 1 rings (SSSR count). The van der Waals surface area contributed by atoms with Gasteiger partial charge in [0.05, 0.1) is 5.56 Å². The molecule has 0 fully saturated rings. The predicted octanol–water partition coefficient (Wildman–Crippen LogP) is 3.86. The lowest BCUT2D eigenvalue weighted by Gasteiger charge is -2.10. The van der Waals surface area contributed by atoms with Gasteiger partial charge >= 0.3 is 6.18 Å². The van der Waals surface area contributed by atoms with E-state index in [4.69, 9.17) is 17.3 Å². The average Bonchev–Trinajstić information content (AvgIpc) is 2.28. The maximum absolute atomic E-state index is 13.1. The van der Waals surface area contributed by atoms with Gasteiger partial charge in [0.1, 0.15) is 5.82 Å². The van der Waals surface area contributed by atoms with Gasteiger partial charge < -0.3 is 5.73 Å². The summed E-state index contributed by atoms with van der Waals surface area (Å²) in [6.45, 7) is 0.227. The number of benzene rings is 1. The lowest BCUT2D eigenvalue weighted by Crippen LogP contribution is -2.07. The zero-order valence-electron chi connectivity index (χ0n) is 9.40. The van der Waals surface area contributed by atoms with Gasteiger partial charge in [-0.1, -0.05) is 11.6 Å². The number of hydrogen-bond donors (Lipinski definition) is 1. The highest BCUT2D eigenvalue weighted by molar-refractivity contribution is 6.25. The third-order valence-electron chi connectivity index (χ3n) is 2.44. The molecule has 0 aliphatic rings. The van der Waals surface area contributed by atoms with E-state index in [1.54, 1.807) is 0 Å². The quantitative estimate of drug-likeness (QED) is 0.833. The van der Waals surface area contributed by atoms with Gasteiger partial charge in [-0.2, -0.15) is 13.2 Å². The smallest absolute Gasteiger partial charge is 0.327 e. The summed E-state index contributed by atoms with van der Waals surface area (Å²) >= 11 is 5.47. The van der Waals surface area contributed by atoms with Gasteiger partial charge in [0.2, 0.25) is 0 Å². The van der Waals surface area contributed by atoms with Gasteiger partial charge in [-0.05, 0) is 42.2 Å². The summed E-state index contributed by atoms with van der Waals surface area (Å²) in [5, 5.41) is 0. The maximum atomic E-state index is 13.1. The van der Waals surface area contributed by atoms with Gasteiger partial charge in [0, 0.05) is 12.1 Å². The highest BCUT2D eigenvalue weighted by Crippen LogP contribution is 2.30. The molecule has 0 atom stereocenters. The van der Waals surface area contributed by atoms with Gasteiger partial charge in [-0.25, -0.2) is 4.39 Å². The number of hydrogen-bond acceptors (Lipinski definition) is 1. The standard InChI is InChI=1S/C12H12ClF4N/c13-6-9(7-18)2-1-8-3-10(12(15,16)17)5-11(14)4-8/h3-6H,1-2,7,18H2. The molecule has 6 heteroatoms. The molecule has 0 saturated heterocycles. The largest absolute Gasteiger partial charge is 0.416 e. The van der Waals surface area contributed by atoms with Crippen LogP contribution in [-0.2, 0) is 12.6 Å². The van der Waals surface area contributed by atoms with Crippen LogP contribution in [0.1, 0.15) is 17.5 Å². The second kappa shape index (κ2) is 6.20. The first-order valence-corrected chi connectivity index (χ1v) is 5.65. The molecular formula is C12H12ClF4N. The van der Waals surface area contributed by atoms with Gasteiger partial charge in [0.25, 0.3) is 0 Å². The maximum Gasteiger partial charge on any atom is 0.416 e. The summed E-state index contributed by atoms with van der Waals surface area (Å²) in [6, 6.07) is 2.49. The molecule has 0 amide bonds. The van der Waals surface area contributed by atoms with E-state index in [1.165, 1.54) is 5.54 Å². The third-order valence-corrected chi connectivity index (χ3v) is 2.74. The second-order valence-electron chi connectivity index (χ2n) is 3.82. The van der Waals surface area contributed by atoms with Crippen molar-refractivity contribution < 1.29 is 17.6 Å². The van der Waals surface area contributed by atoms with Crippen molar-refractivity contribution in [3.8, 4) is 0 Å². The molecule has 1 aromatic carbocycles. The Morgan fingerprint density at radius 1 is 1.28 bits per heavy atom. The Bertz CT molecular complexity index is 440. The highest BCUT2D eigenvalue weighted by atomic mass is 35.5. The molecule has 1 aromatic rings. The van der Waals surface area contributed by atoms with E-state index in [1.807, 2.05) is 0 Å². The first-order valence-electron chi connectivity index (χ1n) is 5.21. The van der Waals surface area contributed by atoms with Crippen molar-refractivity contribution >= 4 is 11.6 Å². The lowest BCUT2D eigenvalue weighted by molar-refractivity contribution is -0.137. The summed E-state index contributed by atoms with van der Waals surface area (Å²) in [6.07, 6.45) is -3.88. The molecule has 0 heterocycles. The van der Waals surface area contributed by atoms with Crippen molar-refractivity contribution in [2.24, 2.45) is 5.73 Å². The molecular weight excluding hydrogens is 270 g/mol. The Labute approximate surface area is 107 Å². The van der Waals surface area contributed by atoms with Crippen LogP contribution in [0.3, 0.4) is 0 Å². The van der Waals surface area contributed by atoms with Crippen molar-refractivity contribution in [1.29, 1.82) is 0 Å². The molecule has 2 N–H and O–H groups in total. The zero-order valence-corrected chi connectivity index (χ0v) is 10.2. The SMILES string of the molecule is NCC(=CCl)CCc1cc(F)cc(C(F)(F)F)c1. The van der Waals surface area contributed by atoms with Crippen LogP contribution in [-0.4, -0.2) is 6.54 Å². The monoisotopic (exact) mass is 281 g/mol. The average molecular weight is 282 g/mol. The molecule has 100 valence electrons. The first-order chi connectivity index (χ1) is 8.36. The van der Waals surface area contributed by atoms with E-state index >= 15 is 0 Å². The fourth-order valence-electron chi connectivity index (χ4n) is 1.46. The fourth-order valence-corrected chi connectivity index (χ4v) is 1.66. The molecule has 0 saturated carbocycles. The summed E-state index contributed by atoms with van der Waals surface area (Å²) in [5.41, 5.74) is 6.65. The minimum absolute atomic E-state index is 0.227. The van der Waals surface area contributed by atoms with Crippen molar-refractivity contribution in [3.05, 3.63) is 46.3 Å². The Balaban J connectivity index is 2.87. The molecule has 1 nitrogen and oxygen atoms in total. The van der Waals surface area contributed by atoms with Crippen LogP contribution >= 0.6 is 11.6 Å². The van der Waals surface area contributed by atoms with Crippen molar-refractivity contribution in [2.45, 2.75) is 19.0 Å². The minimum atomic E-state index is -4.55. The summed E-state index contributed by atoms with van der Waals surface area (Å²) < 4.78 is 50.5. The van der Waals surface area contributed by atoms with E-state index in [0.29, 0.717) is 18.1 Å². The highest BCUT2D eigenvalue weighted by Gasteiger charge is 2.31. The molecule has 0 aliphatic carbocycles. The Hall–Kier alpha value is -1.07. The van der Waals surface area contributed by atoms with Crippen LogP contribution in [0.2, 0.25) is 0 Å². The van der Waals surface area contributed by atoms with Crippen LogP contribution in [0.5, 0.6) is 0 Å². The summed E-state index contributed by atoms with van der Waals surface area (Å²) in [7, 11) is 0. The van der Waals surface area contributed by atoms with Crippen molar-refractivity contribution in [1.82, 2.24) is 0 Å². The zero-order chi connectivity index (χ0) is 13.8. The number of aryl methyl sites for hydroxylation is 1. The van der Waals surface area contributed by atoms with Crippen molar-refractivity contribution in [2.75, 3.05) is 6.54 Å². The summed E-state index contributed by atoms with van der Waals surface area (Å²) in [4.78, 5) is 0. The van der Waals surface area contributed by atoms with Crippen LogP contribution in [0.15, 0.2) is 29.3 Å². The Morgan fingerprint density at radius 3 is 2.44 bits per heavy atom. The fraction of sp³-hybridized carbons (Fsp3) is 0.333. The number of halogens is 5. The third kappa shape index (κ3) is 4.31. The Kier molecular flexibility index (Phi) is 5.16. The lowest BCUT2D eigenvalue weighted by atomic mass is 10.0. The van der Waals surface area contributed by atoms with Gasteiger partial charge in [-0.3, -0.25) is 0 Å². The van der Waals surface area contributed by atoms with Gasteiger partial charge in [-0.15, -0.1) is 0 Å². The van der Waals surface area contributed by atoms with E-state index in [9.17, 15) is 17.6 Å². The minimum Gasteiger partial charge on any atom is -0.327 e. The molecule has 0 spiro atoms. The van der Waals surface area contributed by atoms with Gasteiger partial charge in [0.15, 0.2) is 0 Å².